The summed E-state index contributed by atoms with van der Waals surface area (Å²) in [4.78, 5) is 15.4. The van der Waals surface area contributed by atoms with Crippen LogP contribution in [0.5, 0.6) is 17.2 Å². The monoisotopic (exact) mass is 295 g/mol. The minimum Gasteiger partial charge on any atom is -0.485 e. The van der Waals surface area contributed by atoms with Gasteiger partial charge in [0.25, 0.3) is 0 Å². The lowest BCUT2D eigenvalue weighted by Gasteiger charge is -2.06. The molecule has 0 aliphatic carbocycles. The molecule has 0 bridgehead atoms. The Hall–Kier alpha value is -2.95. The van der Waals surface area contributed by atoms with Crippen molar-refractivity contribution >= 4 is 16.7 Å². The second-order valence-corrected chi connectivity index (χ2v) is 4.97. The van der Waals surface area contributed by atoms with E-state index in [4.69, 9.17) is 14.2 Å². The van der Waals surface area contributed by atoms with Gasteiger partial charge in [-0.05, 0) is 18.2 Å². The van der Waals surface area contributed by atoms with E-state index in [0.717, 1.165) is 10.9 Å². The highest BCUT2D eigenvalue weighted by molar-refractivity contribution is 6.08. The second-order valence-electron chi connectivity index (χ2n) is 4.97. The first-order chi connectivity index (χ1) is 10.8. The zero-order valence-corrected chi connectivity index (χ0v) is 11.7. The third kappa shape index (κ3) is 2.16. The van der Waals surface area contributed by atoms with E-state index in [-0.39, 0.29) is 19.2 Å². The normalized spacial score (nSPS) is 12.5. The number of ether oxygens (including phenoxy) is 3. The number of nitrogens with one attached hydrogen (secondary N) is 1. The van der Waals surface area contributed by atoms with Crippen molar-refractivity contribution < 1.29 is 19.0 Å². The smallest absolute Gasteiger partial charge is 0.231 e. The standard InChI is InChI=1S/C17H13NO4/c19-15(13-8-18-14-4-2-1-3-12(13)14)9-20-11-5-6-16-17(7-11)22-10-21-16/h1-8,18H,9-10H2. The van der Waals surface area contributed by atoms with Crippen molar-refractivity contribution in [3.8, 4) is 17.2 Å². The van der Waals surface area contributed by atoms with Crippen molar-refractivity contribution in [3.63, 3.8) is 0 Å². The number of aromatic nitrogens is 1. The van der Waals surface area contributed by atoms with E-state index < -0.39 is 0 Å². The number of hydrogen-bond acceptors (Lipinski definition) is 4. The van der Waals surface area contributed by atoms with E-state index in [9.17, 15) is 4.79 Å². The molecule has 0 unspecified atom stereocenters. The molecule has 1 aromatic heterocycles. The molecule has 22 heavy (non-hydrogen) atoms. The summed E-state index contributed by atoms with van der Waals surface area (Å²) in [5.74, 6) is 1.83. The Morgan fingerprint density at radius 1 is 1.14 bits per heavy atom. The SMILES string of the molecule is O=C(COc1ccc2c(c1)OCO2)c1c[nH]c2ccccc12. The molecular weight excluding hydrogens is 282 g/mol. The van der Waals surface area contributed by atoms with Crippen LogP contribution in [0.4, 0.5) is 0 Å². The van der Waals surface area contributed by atoms with Gasteiger partial charge < -0.3 is 19.2 Å². The van der Waals surface area contributed by atoms with E-state index in [0.29, 0.717) is 22.8 Å². The van der Waals surface area contributed by atoms with Crippen LogP contribution in [0.1, 0.15) is 10.4 Å². The summed E-state index contributed by atoms with van der Waals surface area (Å²) in [5.41, 5.74) is 1.57. The Morgan fingerprint density at radius 3 is 2.95 bits per heavy atom. The molecule has 0 fully saturated rings. The molecule has 1 aliphatic heterocycles. The van der Waals surface area contributed by atoms with Crippen molar-refractivity contribution in [3.05, 3.63) is 54.2 Å². The van der Waals surface area contributed by atoms with Crippen LogP contribution in [0.3, 0.4) is 0 Å². The fraction of sp³-hybridized carbons (Fsp3) is 0.118. The highest BCUT2D eigenvalue weighted by Crippen LogP contribution is 2.35. The Morgan fingerprint density at radius 2 is 2.00 bits per heavy atom. The summed E-state index contributed by atoms with van der Waals surface area (Å²) < 4.78 is 16.1. The fourth-order valence-electron chi connectivity index (χ4n) is 2.50. The molecule has 0 radical (unpaired) electrons. The van der Waals surface area contributed by atoms with E-state index in [1.54, 1.807) is 24.4 Å². The Labute approximate surface area is 126 Å². The molecular formula is C17H13NO4. The zero-order valence-electron chi connectivity index (χ0n) is 11.7. The highest BCUT2D eigenvalue weighted by atomic mass is 16.7. The fourth-order valence-corrected chi connectivity index (χ4v) is 2.50. The lowest BCUT2D eigenvalue weighted by Crippen LogP contribution is -2.11. The van der Waals surface area contributed by atoms with Crippen LogP contribution in [0.25, 0.3) is 10.9 Å². The maximum Gasteiger partial charge on any atom is 0.231 e. The molecule has 3 aromatic rings. The van der Waals surface area contributed by atoms with Gasteiger partial charge in [-0.3, -0.25) is 4.79 Å². The van der Waals surface area contributed by atoms with Crippen LogP contribution in [0.2, 0.25) is 0 Å². The molecule has 0 atom stereocenters. The number of fused-ring (bicyclic) bond motifs is 2. The number of hydrogen-bond donors (Lipinski definition) is 1. The predicted molar refractivity (Wildman–Crippen MR) is 80.7 cm³/mol. The van der Waals surface area contributed by atoms with Crippen LogP contribution < -0.4 is 14.2 Å². The molecule has 0 saturated carbocycles. The first-order valence-electron chi connectivity index (χ1n) is 6.93. The maximum absolute atomic E-state index is 12.3. The first kappa shape index (κ1) is 12.8. The number of carbonyl (C=O) groups excluding carboxylic acids is 1. The predicted octanol–water partition coefficient (Wildman–Crippen LogP) is 3.16. The molecule has 0 amide bonds. The van der Waals surface area contributed by atoms with Crippen LogP contribution in [0.15, 0.2) is 48.7 Å². The first-order valence-corrected chi connectivity index (χ1v) is 6.93. The van der Waals surface area contributed by atoms with Gasteiger partial charge in [0.1, 0.15) is 5.75 Å². The van der Waals surface area contributed by atoms with Gasteiger partial charge in [0.05, 0.1) is 0 Å². The summed E-state index contributed by atoms with van der Waals surface area (Å²) in [6, 6.07) is 12.9. The number of H-pyrrole nitrogens is 1. The van der Waals surface area contributed by atoms with E-state index in [1.807, 2.05) is 24.3 Å². The minimum absolute atomic E-state index is 0.0263. The van der Waals surface area contributed by atoms with Gasteiger partial charge >= 0.3 is 0 Å². The van der Waals surface area contributed by atoms with Gasteiger partial charge in [-0.15, -0.1) is 0 Å². The van der Waals surface area contributed by atoms with Gasteiger partial charge in [0.15, 0.2) is 18.1 Å². The summed E-state index contributed by atoms with van der Waals surface area (Å²) >= 11 is 0. The van der Waals surface area contributed by atoms with Crippen LogP contribution in [-0.2, 0) is 0 Å². The van der Waals surface area contributed by atoms with Crippen LogP contribution in [0, 0.1) is 0 Å². The van der Waals surface area contributed by atoms with Crippen molar-refractivity contribution in [1.29, 1.82) is 0 Å². The van der Waals surface area contributed by atoms with Gasteiger partial charge in [-0.25, -0.2) is 0 Å². The molecule has 5 heteroatoms. The van der Waals surface area contributed by atoms with Crippen molar-refractivity contribution in [1.82, 2.24) is 4.98 Å². The molecule has 4 rings (SSSR count). The number of Topliss-reactive ketones (excluding diaryl/α,β-unsaturated/α-hetero) is 1. The second kappa shape index (κ2) is 5.11. The summed E-state index contributed by atoms with van der Waals surface area (Å²) in [7, 11) is 0. The van der Waals surface area contributed by atoms with Gasteiger partial charge in [0.2, 0.25) is 12.6 Å². The van der Waals surface area contributed by atoms with E-state index in [2.05, 4.69) is 4.98 Å². The Kier molecular flexibility index (Phi) is 2.96. The zero-order chi connectivity index (χ0) is 14.9. The van der Waals surface area contributed by atoms with E-state index >= 15 is 0 Å². The number of carbonyl (C=O) groups is 1. The topological polar surface area (TPSA) is 60.6 Å². The van der Waals surface area contributed by atoms with E-state index in [1.165, 1.54) is 0 Å². The largest absolute Gasteiger partial charge is 0.485 e. The van der Waals surface area contributed by atoms with Gasteiger partial charge in [-0.2, -0.15) is 0 Å². The molecule has 5 nitrogen and oxygen atoms in total. The van der Waals surface area contributed by atoms with Gasteiger partial charge in [-0.1, -0.05) is 18.2 Å². The quantitative estimate of drug-likeness (QED) is 0.751. The molecule has 2 aromatic carbocycles. The number of aromatic amines is 1. The minimum atomic E-state index is -0.0740. The lowest BCUT2D eigenvalue weighted by molar-refractivity contribution is 0.0923. The van der Waals surface area contributed by atoms with Gasteiger partial charge in [0, 0.05) is 28.7 Å². The summed E-state index contributed by atoms with van der Waals surface area (Å²) in [6.45, 7) is 0.189. The molecule has 110 valence electrons. The average molecular weight is 295 g/mol. The molecule has 0 spiro atoms. The summed E-state index contributed by atoms with van der Waals surface area (Å²) in [5, 5.41) is 0.904. The van der Waals surface area contributed by atoms with Crippen LogP contribution >= 0.6 is 0 Å². The number of para-hydroxylation sites is 1. The molecule has 1 aliphatic rings. The number of benzene rings is 2. The van der Waals surface area contributed by atoms with Crippen LogP contribution in [-0.4, -0.2) is 24.2 Å². The third-order valence-corrected chi connectivity index (χ3v) is 3.60. The number of ketones is 1. The molecule has 2 heterocycles. The Balaban J connectivity index is 1.50. The van der Waals surface area contributed by atoms with Crippen molar-refractivity contribution in [2.45, 2.75) is 0 Å². The average Bonchev–Trinajstić information content (AvgIpc) is 3.18. The maximum atomic E-state index is 12.3. The highest BCUT2D eigenvalue weighted by Gasteiger charge is 2.16. The van der Waals surface area contributed by atoms with Crippen molar-refractivity contribution in [2.75, 3.05) is 13.4 Å². The third-order valence-electron chi connectivity index (χ3n) is 3.60. The molecule has 0 saturated heterocycles. The van der Waals surface area contributed by atoms with Crippen molar-refractivity contribution in [2.24, 2.45) is 0 Å². The Bertz CT molecular complexity index is 853. The summed E-state index contributed by atoms with van der Waals surface area (Å²) in [6.07, 6.45) is 1.72. The lowest BCUT2D eigenvalue weighted by atomic mass is 10.1. The molecule has 1 N–H and O–H groups in total. The number of rotatable bonds is 4.